The summed E-state index contributed by atoms with van der Waals surface area (Å²) in [4.78, 5) is 121. The first-order chi connectivity index (χ1) is 59.6. The Balaban J connectivity index is 0.000000117. The second-order valence-electron chi connectivity index (χ2n) is 29.9. The largest absolute Gasteiger partial charge is 0.573 e. The van der Waals surface area contributed by atoms with E-state index in [2.05, 4.69) is 4.74 Å². The molecular formula is C95H67Cl5F6N8O10. The van der Waals surface area contributed by atoms with Crippen LogP contribution in [-0.2, 0) is 28.8 Å². The number of rotatable bonds is 10. The molecule has 8 heterocycles. The van der Waals surface area contributed by atoms with E-state index in [0.717, 1.165) is 46.5 Å². The molecule has 8 amide bonds. The molecule has 20 rings (SSSR count). The lowest BCUT2D eigenvalue weighted by Gasteiger charge is -2.40. The Hall–Kier alpha value is -13.0. The molecule has 4 fully saturated rings. The van der Waals surface area contributed by atoms with E-state index in [1.165, 1.54) is 24.3 Å². The van der Waals surface area contributed by atoms with Crippen molar-refractivity contribution in [2.45, 2.75) is 35.2 Å². The fourth-order valence-corrected chi connectivity index (χ4v) is 19.1. The van der Waals surface area contributed by atoms with Gasteiger partial charge in [-0.25, -0.2) is 0 Å². The molecule has 0 aliphatic carbocycles. The Morgan fingerprint density at radius 3 is 0.742 bits per heavy atom. The van der Waals surface area contributed by atoms with Crippen molar-refractivity contribution < 1.29 is 74.2 Å². The van der Waals surface area contributed by atoms with E-state index in [-0.39, 0.29) is 59.7 Å². The number of methoxy groups -OCH3 is 1. The number of carbonyl (C=O) groups is 8. The number of benzene rings is 12. The average molecular weight is 1770 g/mol. The van der Waals surface area contributed by atoms with Crippen molar-refractivity contribution in [3.8, 4) is 11.5 Å². The number of amides is 8. The molecule has 12 aromatic carbocycles. The molecule has 29 heteroatoms. The maximum absolute atomic E-state index is 13.7. The van der Waals surface area contributed by atoms with Gasteiger partial charge in [-0.2, -0.15) is 13.2 Å². The third kappa shape index (κ3) is 13.8. The molecule has 18 nitrogen and oxygen atoms in total. The second-order valence-corrected chi connectivity index (χ2v) is 32.1. The minimum absolute atomic E-state index is 0.0643. The van der Waals surface area contributed by atoms with Crippen molar-refractivity contribution in [2.24, 2.45) is 0 Å². The number of alkyl halides is 6. The van der Waals surface area contributed by atoms with Crippen LogP contribution in [0.2, 0.25) is 25.1 Å². The van der Waals surface area contributed by atoms with Gasteiger partial charge in [0.1, 0.15) is 11.5 Å². The SMILES string of the molecule is COc1ccc(C(=O)N2CCN3C(=O)c4ccccc4C23c2ccc(Cl)cc2)cc1.O=C(c1ccc(C(F)(F)F)cc1)N1CCN2C(=O)c3ccccc3C12c1ccc(Cl)cc1.O=C(c1ccc(Cl)cc1)N1CCN2C(=O)c3ccccc3C12c1ccc(Cl)cc1.O=C(c1ccc(OC(F)(F)F)cc1)N1CCN2C(=O)c3ccccc3C12c1ccc(Cl)cc1. The summed E-state index contributed by atoms with van der Waals surface area (Å²) in [7, 11) is 1.59. The van der Waals surface area contributed by atoms with E-state index in [0.29, 0.717) is 126 Å². The molecular weight excluding hydrogens is 1700 g/mol. The Labute approximate surface area is 731 Å². The highest BCUT2D eigenvalue weighted by Crippen LogP contribution is 2.56. The van der Waals surface area contributed by atoms with E-state index in [1.807, 2.05) is 78.9 Å². The van der Waals surface area contributed by atoms with Gasteiger partial charge in [-0.1, -0.05) is 179 Å². The van der Waals surface area contributed by atoms with Gasteiger partial charge in [-0.3, -0.25) is 38.4 Å². The molecule has 0 bridgehead atoms. The molecule has 0 N–H and O–H groups in total. The lowest BCUT2D eigenvalue weighted by atomic mass is 9.89. The predicted molar refractivity (Wildman–Crippen MR) is 452 cm³/mol. The zero-order valence-corrected chi connectivity index (χ0v) is 69.0. The van der Waals surface area contributed by atoms with Gasteiger partial charge in [0.2, 0.25) is 0 Å². The molecule has 4 saturated heterocycles. The van der Waals surface area contributed by atoms with Crippen LogP contribution < -0.4 is 9.47 Å². The topological polar surface area (TPSA) is 181 Å². The Bertz CT molecular complexity index is 6260. The normalized spacial score (nSPS) is 19.7. The van der Waals surface area contributed by atoms with Gasteiger partial charge in [0, 0.05) is 166 Å². The van der Waals surface area contributed by atoms with Crippen LogP contribution in [0.3, 0.4) is 0 Å². The first kappa shape index (κ1) is 83.3. The molecule has 4 unspecified atom stereocenters. The number of fused-ring (bicyclic) bond motifs is 12. The quantitative estimate of drug-likeness (QED) is 0.120. The smallest absolute Gasteiger partial charge is 0.497 e. The first-order valence-corrected chi connectivity index (χ1v) is 40.9. The second kappa shape index (κ2) is 32.4. The van der Waals surface area contributed by atoms with Crippen LogP contribution in [-0.4, -0.2) is 152 Å². The molecule has 0 spiro atoms. The van der Waals surface area contributed by atoms with Gasteiger partial charge >= 0.3 is 12.5 Å². The number of ether oxygens (including phenoxy) is 2. The van der Waals surface area contributed by atoms with E-state index in [9.17, 15) is 64.7 Å². The number of hydrogen-bond donors (Lipinski definition) is 0. The summed E-state index contributed by atoms with van der Waals surface area (Å²) in [5.41, 5.74) is 4.40. The summed E-state index contributed by atoms with van der Waals surface area (Å²) in [5.74, 6) is -1.42. The monoisotopic (exact) mass is 1770 g/mol. The summed E-state index contributed by atoms with van der Waals surface area (Å²) in [6.07, 6.45) is -9.32. The third-order valence-corrected chi connectivity index (χ3v) is 24.9. The predicted octanol–water partition coefficient (Wildman–Crippen LogP) is 19.2. The average Bonchev–Trinajstić information content (AvgIpc) is 1.55. The van der Waals surface area contributed by atoms with Crippen LogP contribution in [0.15, 0.2) is 291 Å². The lowest BCUT2D eigenvalue weighted by Crippen LogP contribution is -2.51. The number of nitrogens with zero attached hydrogens (tertiary/aromatic N) is 8. The standard InChI is InChI=1S/C24H16ClF3N2O3.C24H16ClF3N2O2.C24H19ClN2O3.C23H16Cl2N2O2/c25-17-9-7-16(8-10-17)23-20-4-2-1-3-19(20)22(32)30(23)14-13-29(23)21(31)15-5-11-18(12-6-15)33-24(26,27)28;25-18-11-9-16(10-12-18)23-20-4-2-1-3-19(20)22(32)30(23)14-13-29(23)21(31)15-5-7-17(8-6-15)24(26,27)28;1-30-19-12-6-16(7-13-19)22(28)26-14-15-27-23(29)20-4-2-3-5-21(20)24(26,27)17-8-10-18(25)11-9-17;24-17-9-5-15(6-10-17)21(28)26-13-14-27-22(29)19-3-1-2-4-20(19)23(26,27)16-7-11-18(25)12-8-16/h1-12H,13-14H2;1-12H,13-14H2;2-13H,14-15H2,1H3;1-12H,13-14H2. The lowest BCUT2D eigenvalue weighted by molar-refractivity contribution is -0.274. The maximum Gasteiger partial charge on any atom is 0.573 e. The molecule has 8 aliphatic heterocycles. The van der Waals surface area contributed by atoms with Gasteiger partial charge in [-0.15, -0.1) is 13.2 Å². The highest BCUT2D eigenvalue weighted by Gasteiger charge is 2.64. The van der Waals surface area contributed by atoms with Crippen LogP contribution in [0.1, 0.15) is 133 Å². The molecule has 624 valence electrons. The van der Waals surface area contributed by atoms with Gasteiger partial charge < -0.3 is 48.7 Å². The minimum Gasteiger partial charge on any atom is -0.497 e. The summed E-state index contributed by atoms with van der Waals surface area (Å²) >= 11 is 30.4. The number of halogens is 11. The fraction of sp³-hybridized carbons (Fsp3) is 0.158. The Kier molecular flexibility index (Phi) is 21.7. The van der Waals surface area contributed by atoms with Crippen molar-refractivity contribution in [2.75, 3.05) is 59.5 Å². The van der Waals surface area contributed by atoms with Crippen LogP contribution in [0.4, 0.5) is 26.3 Å². The third-order valence-electron chi connectivity index (χ3n) is 23.6. The molecule has 124 heavy (non-hydrogen) atoms. The Morgan fingerprint density at radius 1 is 0.290 bits per heavy atom. The molecule has 4 atom stereocenters. The van der Waals surface area contributed by atoms with Crippen LogP contribution in [0.5, 0.6) is 11.5 Å². The van der Waals surface area contributed by atoms with Crippen LogP contribution in [0.25, 0.3) is 0 Å². The van der Waals surface area contributed by atoms with Crippen molar-refractivity contribution in [3.05, 3.63) is 411 Å². The van der Waals surface area contributed by atoms with Crippen molar-refractivity contribution >= 4 is 105 Å². The Morgan fingerprint density at radius 2 is 0.508 bits per heavy atom. The summed E-state index contributed by atoms with van der Waals surface area (Å²) in [6, 6.07) is 80.5. The number of carbonyl (C=O) groups excluding carboxylic acids is 8. The first-order valence-electron chi connectivity index (χ1n) is 39.0. The highest BCUT2D eigenvalue weighted by molar-refractivity contribution is 6.32. The summed E-state index contributed by atoms with van der Waals surface area (Å²) in [5, 5.41) is 2.79. The van der Waals surface area contributed by atoms with Gasteiger partial charge in [0.15, 0.2) is 22.7 Å². The van der Waals surface area contributed by atoms with Gasteiger partial charge in [0.25, 0.3) is 47.3 Å². The van der Waals surface area contributed by atoms with E-state index >= 15 is 0 Å². The van der Waals surface area contributed by atoms with Crippen molar-refractivity contribution in [3.63, 3.8) is 0 Å². The molecule has 0 saturated carbocycles. The summed E-state index contributed by atoms with van der Waals surface area (Å²) < 4.78 is 85.5. The number of hydrogen-bond acceptors (Lipinski definition) is 10. The van der Waals surface area contributed by atoms with Crippen LogP contribution >= 0.6 is 58.0 Å². The van der Waals surface area contributed by atoms with E-state index in [4.69, 9.17) is 62.7 Å². The molecule has 8 aliphatic rings. The van der Waals surface area contributed by atoms with Crippen molar-refractivity contribution in [1.82, 2.24) is 39.2 Å². The molecule has 0 radical (unpaired) electrons. The van der Waals surface area contributed by atoms with E-state index < -0.39 is 58.3 Å². The minimum atomic E-state index is -4.83. The maximum atomic E-state index is 13.7. The highest BCUT2D eigenvalue weighted by atomic mass is 35.5. The van der Waals surface area contributed by atoms with Crippen LogP contribution in [0, 0.1) is 0 Å². The van der Waals surface area contributed by atoms with Crippen molar-refractivity contribution in [1.29, 1.82) is 0 Å². The summed E-state index contributed by atoms with van der Waals surface area (Å²) in [6.45, 7) is 2.87. The zero-order valence-electron chi connectivity index (χ0n) is 65.2. The zero-order chi connectivity index (χ0) is 87.1. The molecule has 12 aromatic rings. The van der Waals surface area contributed by atoms with Gasteiger partial charge in [-0.05, 0) is 170 Å². The van der Waals surface area contributed by atoms with E-state index in [1.54, 1.807) is 210 Å². The fourth-order valence-electron chi connectivity index (χ4n) is 18.5. The van der Waals surface area contributed by atoms with Gasteiger partial charge in [0.05, 0.1) is 12.7 Å². The molecule has 0 aromatic heterocycles.